The molecule has 2 aliphatic heterocycles. The van der Waals surface area contributed by atoms with Crippen molar-refractivity contribution in [3.05, 3.63) is 119 Å². The van der Waals surface area contributed by atoms with Gasteiger partial charge in [-0.2, -0.15) is 0 Å². The average Bonchev–Trinajstić information content (AvgIpc) is 3.19. The van der Waals surface area contributed by atoms with Crippen LogP contribution in [0.25, 0.3) is 11.4 Å². The number of benzene rings is 3. The number of hydrogen-bond acceptors (Lipinski definition) is 3. The molecular formula is C24H18N2S. The third-order valence-corrected chi connectivity index (χ3v) is 5.67. The van der Waals surface area contributed by atoms with E-state index in [1.165, 1.54) is 16.8 Å². The highest BCUT2D eigenvalue weighted by Gasteiger charge is 2.34. The summed E-state index contributed by atoms with van der Waals surface area (Å²) in [4.78, 5) is 7.33. The standard InChI is InChI=1S/C24H18N2S/c1-4-10-18(11-5-1)21-16-22(19-12-6-2-7-13-19)26-23(17-27-24(26)25-21)20-14-8-3-9-15-20/h1-17,22H. The number of nitrogens with zero attached hydrogens (tertiary/aromatic N) is 2. The molecule has 5 rings (SSSR count). The highest BCUT2D eigenvalue weighted by molar-refractivity contribution is 8.16. The molecule has 1 atom stereocenters. The first-order valence-corrected chi connectivity index (χ1v) is 9.90. The fourth-order valence-corrected chi connectivity index (χ4v) is 4.46. The monoisotopic (exact) mass is 366 g/mol. The van der Waals surface area contributed by atoms with E-state index in [1.54, 1.807) is 11.8 Å². The summed E-state index contributed by atoms with van der Waals surface area (Å²) in [5.41, 5.74) is 5.87. The summed E-state index contributed by atoms with van der Waals surface area (Å²) in [6.45, 7) is 0. The first kappa shape index (κ1) is 16.2. The zero-order valence-corrected chi connectivity index (χ0v) is 15.5. The fourth-order valence-electron chi connectivity index (χ4n) is 3.52. The summed E-state index contributed by atoms with van der Waals surface area (Å²) >= 11 is 1.70. The van der Waals surface area contributed by atoms with Gasteiger partial charge in [-0.05, 0) is 22.8 Å². The second kappa shape index (κ2) is 6.93. The molecule has 1 unspecified atom stereocenters. The molecule has 3 heteroatoms. The van der Waals surface area contributed by atoms with E-state index >= 15 is 0 Å². The van der Waals surface area contributed by atoms with Gasteiger partial charge in [-0.3, -0.25) is 0 Å². The van der Waals surface area contributed by atoms with Gasteiger partial charge < -0.3 is 4.90 Å². The Morgan fingerprint density at radius 3 is 1.96 bits per heavy atom. The van der Waals surface area contributed by atoms with E-state index in [0.717, 1.165) is 16.4 Å². The predicted octanol–water partition coefficient (Wildman–Crippen LogP) is 6.19. The molecule has 2 aliphatic rings. The van der Waals surface area contributed by atoms with E-state index in [9.17, 15) is 0 Å². The second-order valence-corrected chi connectivity index (χ2v) is 7.36. The number of hydrogen-bond donors (Lipinski definition) is 0. The highest BCUT2D eigenvalue weighted by Crippen LogP contribution is 2.44. The van der Waals surface area contributed by atoms with Gasteiger partial charge >= 0.3 is 0 Å². The third kappa shape index (κ3) is 3.00. The van der Waals surface area contributed by atoms with Crippen molar-refractivity contribution in [3.63, 3.8) is 0 Å². The van der Waals surface area contributed by atoms with Crippen LogP contribution in [0.4, 0.5) is 0 Å². The molecule has 0 spiro atoms. The van der Waals surface area contributed by atoms with Crippen LogP contribution in [-0.4, -0.2) is 10.1 Å². The minimum absolute atomic E-state index is 0.121. The van der Waals surface area contributed by atoms with Gasteiger partial charge in [0.25, 0.3) is 0 Å². The Morgan fingerprint density at radius 2 is 1.30 bits per heavy atom. The van der Waals surface area contributed by atoms with Gasteiger partial charge in [-0.15, -0.1) is 0 Å². The van der Waals surface area contributed by atoms with Crippen molar-refractivity contribution in [1.29, 1.82) is 0 Å². The van der Waals surface area contributed by atoms with Crippen LogP contribution in [0.2, 0.25) is 0 Å². The van der Waals surface area contributed by atoms with Crippen LogP contribution in [0, 0.1) is 0 Å². The largest absolute Gasteiger partial charge is 0.308 e. The van der Waals surface area contributed by atoms with Gasteiger partial charge in [-0.1, -0.05) is 103 Å². The molecule has 27 heavy (non-hydrogen) atoms. The molecule has 2 nitrogen and oxygen atoms in total. The lowest BCUT2D eigenvalue weighted by Gasteiger charge is -2.33. The van der Waals surface area contributed by atoms with Gasteiger partial charge in [0.05, 0.1) is 17.4 Å². The molecular weight excluding hydrogens is 348 g/mol. The van der Waals surface area contributed by atoms with Crippen molar-refractivity contribution in [2.24, 2.45) is 4.99 Å². The maximum atomic E-state index is 4.98. The topological polar surface area (TPSA) is 15.6 Å². The Labute approximate surface area is 163 Å². The Hall–Kier alpha value is -3.04. The molecule has 3 aromatic rings. The van der Waals surface area contributed by atoms with Gasteiger partial charge in [0.1, 0.15) is 0 Å². The molecule has 0 aliphatic carbocycles. The van der Waals surface area contributed by atoms with Crippen LogP contribution in [0.15, 0.2) is 107 Å². The summed E-state index contributed by atoms with van der Waals surface area (Å²) in [5.74, 6) is 0. The number of aliphatic imine (C=N–C) groups is 1. The lowest BCUT2D eigenvalue weighted by molar-refractivity contribution is 0.513. The Morgan fingerprint density at radius 1 is 0.704 bits per heavy atom. The van der Waals surface area contributed by atoms with Crippen molar-refractivity contribution < 1.29 is 0 Å². The second-order valence-electron chi connectivity index (χ2n) is 6.52. The molecule has 0 radical (unpaired) electrons. The molecule has 0 saturated heterocycles. The Kier molecular flexibility index (Phi) is 4.15. The smallest absolute Gasteiger partial charge is 0.174 e. The number of rotatable bonds is 3. The molecule has 0 N–H and O–H groups in total. The van der Waals surface area contributed by atoms with E-state index in [4.69, 9.17) is 4.99 Å². The molecule has 0 bridgehead atoms. The molecule has 2 heterocycles. The van der Waals surface area contributed by atoms with E-state index in [2.05, 4.69) is 101 Å². The first-order valence-electron chi connectivity index (χ1n) is 9.02. The molecule has 0 fully saturated rings. The van der Waals surface area contributed by atoms with Crippen molar-refractivity contribution in [2.75, 3.05) is 0 Å². The van der Waals surface area contributed by atoms with Crippen molar-refractivity contribution >= 4 is 28.3 Å². The molecule has 0 amide bonds. The van der Waals surface area contributed by atoms with Crippen molar-refractivity contribution in [2.45, 2.75) is 6.04 Å². The minimum atomic E-state index is 0.121. The highest BCUT2D eigenvalue weighted by atomic mass is 32.2. The SMILES string of the molecule is C1=C(c2ccccc2)N=C2SC=C(c3ccccc3)N2C1c1ccccc1. The van der Waals surface area contributed by atoms with Crippen molar-refractivity contribution in [3.8, 4) is 0 Å². The Bertz CT molecular complexity index is 1040. The van der Waals surface area contributed by atoms with Gasteiger partial charge in [0.2, 0.25) is 0 Å². The van der Waals surface area contributed by atoms with Gasteiger partial charge in [0.15, 0.2) is 5.17 Å². The minimum Gasteiger partial charge on any atom is -0.308 e. The Balaban J connectivity index is 1.62. The van der Waals surface area contributed by atoms with Crippen LogP contribution >= 0.6 is 11.8 Å². The summed E-state index contributed by atoms with van der Waals surface area (Å²) in [6.07, 6.45) is 2.27. The predicted molar refractivity (Wildman–Crippen MR) is 115 cm³/mol. The normalized spacial score (nSPS) is 18.4. The number of thioether (sulfide) groups is 1. The maximum absolute atomic E-state index is 4.98. The summed E-state index contributed by atoms with van der Waals surface area (Å²) in [5, 5.41) is 3.25. The zero-order valence-electron chi connectivity index (χ0n) is 14.7. The fraction of sp³-hybridized carbons (Fsp3) is 0.0417. The lowest BCUT2D eigenvalue weighted by Crippen LogP contribution is -2.30. The zero-order chi connectivity index (χ0) is 18.1. The van der Waals surface area contributed by atoms with E-state index in [-0.39, 0.29) is 6.04 Å². The van der Waals surface area contributed by atoms with Crippen LogP contribution in [0.1, 0.15) is 22.7 Å². The van der Waals surface area contributed by atoms with Crippen LogP contribution in [-0.2, 0) is 0 Å². The van der Waals surface area contributed by atoms with Gasteiger partial charge in [0, 0.05) is 5.41 Å². The van der Waals surface area contributed by atoms with Crippen LogP contribution in [0.5, 0.6) is 0 Å². The number of amidine groups is 1. The lowest BCUT2D eigenvalue weighted by atomic mass is 9.99. The summed E-state index contributed by atoms with van der Waals surface area (Å²) < 4.78 is 0. The van der Waals surface area contributed by atoms with E-state index < -0.39 is 0 Å². The summed E-state index contributed by atoms with van der Waals surface area (Å²) in [6, 6.07) is 31.7. The molecule has 130 valence electrons. The van der Waals surface area contributed by atoms with Crippen LogP contribution in [0.3, 0.4) is 0 Å². The summed E-state index contributed by atoms with van der Waals surface area (Å²) in [7, 11) is 0. The quantitative estimate of drug-likeness (QED) is 0.549. The van der Waals surface area contributed by atoms with Crippen molar-refractivity contribution in [1.82, 2.24) is 4.90 Å². The third-order valence-electron chi connectivity index (χ3n) is 4.83. The maximum Gasteiger partial charge on any atom is 0.174 e. The van der Waals surface area contributed by atoms with Crippen LogP contribution < -0.4 is 0 Å². The molecule has 3 aromatic carbocycles. The molecule has 0 aromatic heterocycles. The first-order chi connectivity index (χ1) is 13.4. The van der Waals surface area contributed by atoms with E-state index in [0.29, 0.717) is 0 Å². The number of fused-ring (bicyclic) bond motifs is 1. The van der Waals surface area contributed by atoms with Gasteiger partial charge in [-0.25, -0.2) is 4.99 Å². The molecule has 0 saturated carbocycles. The average molecular weight is 366 g/mol. The van der Waals surface area contributed by atoms with E-state index in [1.807, 2.05) is 6.07 Å².